The van der Waals surface area contributed by atoms with Gasteiger partial charge in [-0.1, -0.05) is 11.6 Å². The van der Waals surface area contributed by atoms with E-state index in [2.05, 4.69) is 35.9 Å². The number of alkyl halides is 2. The Balaban J connectivity index is 0.749. The van der Waals surface area contributed by atoms with Crippen LogP contribution in [0, 0.1) is 11.3 Å². The number of hydrogen-bond acceptors (Lipinski definition) is 10. The highest BCUT2D eigenvalue weighted by Crippen LogP contribution is 2.47. The van der Waals surface area contributed by atoms with Gasteiger partial charge >= 0.3 is 6.03 Å². The van der Waals surface area contributed by atoms with Crippen LogP contribution in [-0.4, -0.2) is 123 Å². The van der Waals surface area contributed by atoms with E-state index < -0.39 is 24.1 Å². The van der Waals surface area contributed by atoms with Gasteiger partial charge in [-0.3, -0.25) is 29.3 Å². The summed E-state index contributed by atoms with van der Waals surface area (Å²) in [6.45, 7) is 7.47. The largest absolute Gasteiger partial charge is 0.354 e. The molecule has 324 valence electrons. The molecule has 1 aliphatic carbocycles. The summed E-state index contributed by atoms with van der Waals surface area (Å²) in [5.74, 6) is 0.329. The second kappa shape index (κ2) is 17.3. The average molecular weight is 861 g/mol. The number of aromatic nitrogens is 5. The van der Waals surface area contributed by atoms with Crippen LogP contribution in [0.4, 0.5) is 30.8 Å². The number of nitrogens with zero attached hydrogens (tertiary/aromatic N) is 9. The quantitative estimate of drug-likeness (QED) is 0.199. The molecule has 7 heterocycles. The summed E-state index contributed by atoms with van der Waals surface area (Å²) in [6, 6.07) is 6.23. The normalized spacial score (nSPS) is 20.8. The predicted octanol–water partition coefficient (Wildman–Crippen LogP) is 5.37. The van der Waals surface area contributed by atoms with E-state index >= 15 is 0 Å². The van der Waals surface area contributed by atoms with E-state index in [4.69, 9.17) is 16.6 Å². The second-order valence-corrected chi connectivity index (χ2v) is 17.6. The van der Waals surface area contributed by atoms with Crippen molar-refractivity contribution in [3.05, 3.63) is 64.7 Å². The van der Waals surface area contributed by atoms with Crippen molar-refractivity contribution < 1.29 is 28.0 Å². The number of rotatable bonds is 9. The van der Waals surface area contributed by atoms with Gasteiger partial charge in [-0.25, -0.2) is 23.1 Å². The molecule has 19 heteroatoms. The number of piperazine rings is 1. The van der Waals surface area contributed by atoms with Crippen molar-refractivity contribution in [3.8, 4) is 0 Å². The van der Waals surface area contributed by atoms with E-state index in [-0.39, 0.29) is 47.5 Å². The fourth-order valence-electron chi connectivity index (χ4n) is 9.85. The minimum Gasteiger partial charge on any atom is -0.354 e. The number of piperidine rings is 2. The number of amides is 5. The van der Waals surface area contributed by atoms with E-state index in [9.17, 15) is 28.0 Å². The minimum atomic E-state index is -2.86. The highest BCUT2D eigenvalue weighted by atomic mass is 35.5. The van der Waals surface area contributed by atoms with Gasteiger partial charge in [0, 0.05) is 89.8 Å². The van der Waals surface area contributed by atoms with Gasteiger partial charge in [-0.15, -0.1) is 0 Å². The molecule has 1 spiro atoms. The zero-order valence-electron chi connectivity index (χ0n) is 34.0. The number of halogens is 3. The number of benzene rings is 1. The molecule has 0 unspecified atom stereocenters. The van der Waals surface area contributed by atoms with Crippen molar-refractivity contribution in [3.63, 3.8) is 0 Å². The Kier molecular flexibility index (Phi) is 11.7. The number of carbonyl (C=O) groups is 4. The fraction of sp³-hybridized carbons (Fsp3) is 0.548. The first-order valence-corrected chi connectivity index (χ1v) is 21.8. The molecular formula is C42H51ClF2N12O4. The molecule has 9 rings (SSSR count). The molecule has 0 bridgehead atoms. The number of imide groups is 1. The number of nitrogens with one attached hydrogen (secondary N) is 3. The lowest BCUT2D eigenvalue weighted by Gasteiger charge is -2.47. The molecule has 3 aromatic heterocycles. The van der Waals surface area contributed by atoms with Crippen LogP contribution in [0.15, 0.2) is 42.9 Å². The Hall–Kier alpha value is -5.20. The van der Waals surface area contributed by atoms with Crippen molar-refractivity contribution in [2.24, 2.45) is 11.3 Å². The van der Waals surface area contributed by atoms with Crippen LogP contribution in [0.5, 0.6) is 0 Å². The van der Waals surface area contributed by atoms with Gasteiger partial charge in [0.05, 0.1) is 28.6 Å². The number of anilines is 3. The third-order valence-electron chi connectivity index (χ3n) is 13.5. The summed E-state index contributed by atoms with van der Waals surface area (Å²) in [5, 5.41) is 17.2. The molecule has 0 atom stereocenters. The van der Waals surface area contributed by atoms with Crippen LogP contribution in [0.2, 0.25) is 5.02 Å². The van der Waals surface area contributed by atoms with Crippen LogP contribution >= 0.6 is 11.6 Å². The third-order valence-corrected chi connectivity index (χ3v) is 13.8. The van der Waals surface area contributed by atoms with E-state index in [0.717, 1.165) is 103 Å². The SMILES string of the molecule is O=C1CCN(c2cc(C(=O)N3CCC4(CCC(CN5CCC(n6cc(NC(=O)c7cnn8ccc(N9CCNCC9)nc78)c(C(F)F)n6)CC5)CC4)CC3)ccc2Cl)C(=O)N1. The maximum atomic E-state index is 14.3. The summed E-state index contributed by atoms with van der Waals surface area (Å²) in [5.41, 5.74) is 1.22. The standard InChI is InChI=1S/C42H51ClF2N12O4/c43-31-2-1-28(23-33(31)55-17-8-35(58)50-41(55)61)40(60)54-19-11-42(12-20-54)9-3-27(4-10-42)25-52-15-5-29(6-16-52)57-26-32(36(51-57)37(44)45)48-39(59)30-24-47-56-18-7-34(49-38(30)56)53-21-13-46-14-22-53/h1-2,7,18,23-24,26-27,29,37,46H,3-6,8-17,19-22,25H2,(H,48,59)(H,50,58,61). The van der Waals surface area contributed by atoms with Gasteiger partial charge in [0.2, 0.25) is 5.91 Å². The van der Waals surface area contributed by atoms with Gasteiger partial charge in [-0.2, -0.15) is 10.2 Å². The molecule has 5 fully saturated rings. The lowest BCUT2D eigenvalue weighted by molar-refractivity contribution is -0.120. The van der Waals surface area contributed by atoms with Crippen LogP contribution in [0.3, 0.4) is 0 Å². The van der Waals surface area contributed by atoms with E-state index in [1.54, 1.807) is 29.1 Å². The first-order chi connectivity index (χ1) is 29.5. The van der Waals surface area contributed by atoms with Crippen molar-refractivity contribution >= 4 is 58.2 Å². The molecule has 16 nitrogen and oxygen atoms in total. The van der Waals surface area contributed by atoms with E-state index in [1.165, 1.54) is 21.8 Å². The zero-order chi connectivity index (χ0) is 42.3. The molecule has 5 amide bonds. The van der Waals surface area contributed by atoms with Crippen molar-refractivity contribution in [1.82, 2.24) is 44.8 Å². The minimum absolute atomic E-state index is 0.00605. The molecule has 1 aromatic carbocycles. The number of urea groups is 1. The molecule has 5 aliphatic rings. The maximum absolute atomic E-state index is 14.3. The summed E-state index contributed by atoms with van der Waals surface area (Å²) in [7, 11) is 0. The van der Waals surface area contributed by atoms with Gasteiger partial charge in [-0.05, 0) is 87.0 Å². The highest BCUT2D eigenvalue weighted by molar-refractivity contribution is 6.34. The molecule has 4 saturated heterocycles. The van der Waals surface area contributed by atoms with Crippen LogP contribution in [-0.2, 0) is 4.79 Å². The Morgan fingerprint density at radius 1 is 0.951 bits per heavy atom. The molecule has 0 radical (unpaired) electrons. The van der Waals surface area contributed by atoms with Crippen molar-refractivity contribution in [2.45, 2.75) is 70.3 Å². The fourth-order valence-corrected chi connectivity index (χ4v) is 10.1. The number of fused-ring (bicyclic) bond motifs is 1. The lowest BCUT2D eigenvalue weighted by atomic mass is 9.65. The number of hydrogen-bond donors (Lipinski definition) is 3. The maximum Gasteiger partial charge on any atom is 0.328 e. The smallest absolute Gasteiger partial charge is 0.328 e. The summed E-state index contributed by atoms with van der Waals surface area (Å²) in [4.78, 5) is 63.8. The van der Waals surface area contributed by atoms with Crippen molar-refractivity contribution in [1.29, 1.82) is 0 Å². The van der Waals surface area contributed by atoms with Gasteiger partial charge in [0.1, 0.15) is 11.4 Å². The Labute approximate surface area is 356 Å². The van der Waals surface area contributed by atoms with Gasteiger partial charge in [0.25, 0.3) is 18.2 Å². The van der Waals surface area contributed by atoms with Gasteiger partial charge < -0.3 is 25.3 Å². The summed E-state index contributed by atoms with van der Waals surface area (Å²) >= 11 is 6.42. The topological polar surface area (TPSA) is 165 Å². The Morgan fingerprint density at radius 2 is 1.70 bits per heavy atom. The Morgan fingerprint density at radius 3 is 2.43 bits per heavy atom. The average Bonchev–Trinajstić information content (AvgIpc) is 3.90. The van der Waals surface area contributed by atoms with Gasteiger partial charge in [0.15, 0.2) is 11.3 Å². The molecule has 4 aromatic rings. The van der Waals surface area contributed by atoms with Crippen LogP contribution < -0.4 is 25.8 Å². The monoisotopic (exact) mass is 860 g/mol. The van der Waals surface area contributed by atoms with Crippen molar-refractivity contribution in [2.75, 3.05) is 80.6 Å². The first kappa shape index (κ1) is 41.2. The number of carbonyl (C=O) groups excluding carboxylic acids is 4. The third kappa shape index (κ3) is 8.66. The predicted molar refractivity (Wildman–Crippen MR) is 224 cm³/mol. The lowest BCUT2D eigenvalue weighted by Crippen LogP contribution is -2.49. The van der Waals surface area contributed by atoms with E-state index in [1.807, 2.05) is 11.0 Å². The Bertz CT molecular complexity index is 2290. The van der Waals surface area contributed by atoms with Crippen LogP contribution in [0.25, 0.3) is 5.65 Å². The first-order valence-electron chi connectivity index (χ1n) is 21.4. The highest BCUT2D eigenvalue weighted by Gasteiger charge is 2.40. The van der Waals surface area contributed by atoms with Crippen LogP contribution in [0.1, 0.15) is 96.7 Å². The number of likely N-dealkylation sites (tertiary alicyclic amines) is 2. The zero-order valence-corrected chi connectivity index (χ0v) is 34.8. The van der Waals surface area contributed by atoms with E-state index in [0.29, 0.717) is 40.9 Å². The molecule has 61 heavy (non-hydrogen) atoms. The summed E-state index contributed by atoms with van der Waals surface area (Å²) < 4.78 is 31.7. The molecule has 1 saturated carbocycles. The second-order valence-electron chi connectivity index (χ2n) is 17.2. The molecule has 3 N–H and O–H groups in total. The molecular weight excluding hydrogens is 810 g/mol. The summed E-state index contributed by atoms with van der Waals surface area (Å²) in [6.07, 6.45) is 9.97. The molecule has 4 aliphatic heterocycles.